The maximum absolute atomic E-state index is 12.1. The summed E-state index contributed by atoms with van der Waals surface area (Å²) < 4.78 is 0. The van der Waals surface area contributed by atoms with E-state index in [0.717, 1.165) is 22.9 Å². The third kappa shape index (κ3) is 3.22. The van der Waals surface area contributed by atoms with Crippen molar-refractivity contribution in [1.82, 2.24) is 0 Å². The zero-order valence-electron chi connectivity index (χ0n) is 11.6. The van der Waals surface area contributed by atoms with Crippen LogP contribution in [0.5, 0.6) is 5.75 Å². The smallest absolute Gasteiger partial charge is 0.335 e. The van der Waals surface area contributed by atoms with Gasteiger partial charge >= 0.3 is 5.97 Å². The number of carbonyl (C=O) groups excluding carboxylic acids is 1. The zero-order valence-corrected chi connectivity index (χ0v) is 12.5. The molecule has 0 aliphatic carbocycles. The number of anilines is 1. The lowest BCUT2D eigenvalue weighted by molar-refractivity contribution is 0.0696. The first-order valence-electron chi connectivity index (χ1n) is 6.39. The van der Waals surface area contributed by atoms with E-state index in [1.54, 1.807) is 0 Å². The Morgan fingerprint density at radius 3 is 2.52 bits per heavy atom. The number of phenolic OH excluding ortho intramolecular Hbond substituents is 1. The minimum absolute atomic E-state index is 0.0364. The van der Waals surface area contributed by atoms with Gasteiger partial charge in [-0.15, -0.1) is 11.3 Å². The largest absolute Gasteiger partial charge is 0.506 e. The summed E-state index contributed by atoms with van der Waals surface area (Å²) in [6, 6.07) is 5.61. The summed E-state index contributed by atoms with van der Waals surface area (Å²) in [5.41, 5.74) is 1.22. The molecule has 0 saturated heterocycles. The molecule has 1 aromatic heterocycles. The number of aromatic carboxylic acids is 1. The lowest BCUT2D eigenvalue weighted by atomic mass is 10.2. The van der Waals surface area contributed by atoms with Gasteiger partial charge in [-0.3, -0.25) is 4.79 Å². The number of benzene rings is 1. The van der Waals surface area contributed by atoms with E-state index in [1.165, 1.54) is 23.5 Å². The number of amides is 1. The van der Waals surface area contributed by atoms with E-state index >= 15 is 0 Å². The van der Waals surface area contributed by atoms with Crippen LogP contribution in [0.15, 0.2) is 24.3 Å². The van der Waals surface area contributed by atoms with Crippen molar-refractivity contribution in [3.8, 4) is 5.75 Å². The lowest BCUT2D eigenvalue weighted by Crippen LogP contribution is -2.10. The Hall–Kier alpha value is -2.34. The number of rotatable bonds is 4. The second kappa shape index (κ2) is 5.97. The molecule has 0 aliphatic heterocycles. The van der Waals surface area contributed by atoms with Crippen molar-refractivity contribution in [3.63, 3.8) is 0 Å². The normalized spacial score (nSPS) is 10.4. The predicted octanol–water partition coefficient (Wildman–Crippen LogP) is 3.28. The summed E-state index contributed by atoms with van der Waals surface area (Å²) in [7, 11) is 0. The second-order valence-corrected chi connectivity index (χ2v) is 5.70. The summed E-state index contributed by atoms with van der Waals surface area (Å²) in [6.07, 6.45) is 0.863. The van der Waals surface area contributed by atoms with Gasteiger partial charge in [-0.25, -0.2) is 4.79 Å². The van der Waals surface area contributed by atoms with Crippen molar-refractivity contribution in [2.24, 2.45) is 0 Å². The Morgan fingerprint density at radius 2 is 2.00 bits per heavy atom. The van der Waals surface area contributed by atoms with E-state index in [1.807, 2.05) is 19.9 Å². The molecule has 0 aliphatic rings. The van der Waals surface area contributed by atoms with Crippen molar-refractivity contribution in [3.05, 3.63) is 45.1 Å². The van der Waals surface area contributed by atoms with Crippen LogP contribution >= 0.6 is 11.3 Å². The molecule has 2 aromatic rings. The number of thiophene rings is 1. The van der Waals surface area contributed by atoms with Crippen LogP contribution in [0, 0.1) is 6.92 Å². The average Bonchev–Trinajstić information content (AvgIpc) is 2.82. The van der Waals surface area contributed by atoms with Gasteiger partial charge in [-0.05, 0) is 43.2 Å². The van der Waals surface area contributed by atoms with Crippen LogP contribution in [-0.2, 0) is 6.42 Å². The fourth-order valence-corrected chi connectivity index (χ4v) is 2.95. The molecule has 1 aromatic carbocycles. The van der Waals surface area contributed by atoms with Gasteiger partial charge in [0, 0.05) is 4.88 Å². The highest BCUT2D eigenvalue weighted by Crippen LogP contribution is 2.27. The summed E-state index contributed by atoms with van der Waals surface area (Å²) in [4.78, 5) is 24.6. The van der Waals surface area contributed by atoms with E-state index < -0.39 is 5.97 Å². The molecule has 21 heavy (non-hydrogen) atoms. The van der Waals surface area contributed by atoms with E-state index in [4.69, 9.17) is 5.11 Å². The summed E-state index contributed by atoms with van der Waals surface area (Å²) in [6.45, 7) is 3.97. The molecule has 0 spiro atoms. The molecule has 0 fully saturated rings. The number of carboxylic acid groups (broad SMARTS) is 1. The van der Waals surface area contributed by atoms with Crippen molar-refractivity contribution in [2.75, 3.05) is 5.32 Å². The van der Waals surface area contributed by atoms with Gasteiger partial charge < -0.3 is 15.5 Å². The minimum Gasteiger partial charge on any atom is -0.506 e. The Balaban J connectivity index is 2.21. The minimum atomic E-state index is -1.13. The van der Waals surface area contributed by atoms with Gasteiger partial charge in [0.05, 0.1) is 16.1 Å². The SMILES string of the molecule is CCc1sc(C(=O)Nc2ccc(C(=O)O)cc2O)cc1C. The molecule has 0 unspecified atom stereocenters. The van der Waals surface area contributed by atoms with Crippen LogP contribution in [0.1, 0.15) is 37.4 Å². The van der Waals surface area contributed by atoms with E-state index in [2.05, 4.69) is 5.32 Å². The molecule has 2 rings (SSSR count). The second-order valence-electron chi connectivity index (χ2n) is 4.56. The number of hydrogen-bond acceptors (Lipinski definition) is 4. The first-order chi connectivity index (χ1) is 9.92. The molecule has 0 atom stereocenters. The van der Waals surface area contributed by atoms with Crippen LogP contribution in [0.25, 0.3) is 0 Å². The van der Waals surface area contributed by atoms with Gasteiger partial charge in [0.15, 0.2) is 0 Å². The Kier molecular flexibility index (Phi) is 4.28. The van der Waals surface area contributed by atoms with Crippen molar-refractivity contribution in [1.29, 1.82) is 0 Å². The first kappa shape index (κ1) is 15.1. The summed E-state index contributed by atoms with van der Waals surface area (Å²) in [5, 5.41) is 21.2. The Morgan fingerprint density at radius 1 is 1.29 bits per heavy atom. The average molecular weight is 305 g/mol. The van der Waals surface area contributed by atoms with Crippen molar-refractivity contribution in [2.45, 2.75) is 20.3 Å². The highest BCUT2D eigenvalue weighted by atomic mass is 32.1. The van der Waals surface area contributed by atoms with E-state index in [0.29, 0.717) is 4.88 Å². The number of phenols is 1. The van der Waals surface area contributed by atoms with Crippen LogP contribution < -0.4 is 5.32 Å². The number of aryl methyl sites for hydroxylation is 2. The van der Waals surface area contributed by atoms with Crippen LogP contribution in [-0.4, -0.2) is 22.1 Å². The van der Waals surface area contributed by atoms with Crippen molar-refractivity contribution >= 4 is 28.9 Å². The molecular formula is C15H15NO4S. The number of hydrogen-bond donors (Lipinski definition) is 3. The lowest BCUT2D eigenvalue weighted by Gasteiger charge is -2.06. The van der Waals surface area contributed by atoms with Gasteiger partial charge in [-0.1, -0.05) is 6.92 Å². The van der Waals surface area contributed by atoms with E-state index in [9.17, 15) is 14.7 Å². The highest BCUT2D eigenvalue weighted by molar-refractivity contribution is 7.14. The predicted molar refractivity (Wildman–Crippen MR) is 81.5 cm³/mol. The molecule has 5 nitrogen and oxygen atoms in total. The molecule has 1 heterocycles. The first-order valence-corrected chi connectivity index (χ1v) is 7.21. The topological polar surface area (TPSA) is 86.6 Å². The molecule has 1 amide bonds. The van der Waals surface area contributed by atoms with Crippen molar-refractivity contribution < 1.29 is 19.8 Å². The van der Waals surface area contributed by atoms with Gasteiger partial charge in [-0.2, -0.15) is 0 Å². The molecule has 0 bridgehead atoms. The molecule has 6 heteroatoms. The molecule has 0 saturated carbocycles. The van der Waals surface area contributed by atoms with Gasteiger partial charge in [0.2, 0.25) is 0 Å². The summed E-state index contributed by atoms with van der Waals surface area (Å²) in [5.74, 6) is -1.72. The highest BCUT2D eigenvalue weighted by Gasteiger charge is 2.14. The third-order valence-corrected chi connectivity index (χ3v) is 4.44. The molecule has 0 radical (unpaired) electrons. The monoisotopic (exact) mass is 305 g/mol. The number of carboxylic acids is 1. The van der Waals surface area contributed by atoms with Crippen LogP contribution in [0.2, 0.25) is 0 Å². The Labute approximate surface area is 125 Å². The maximum Gasteiger partial charge on any atom is 0.335 e. The van der Waals surface area contributed by atoms with Crippen LogP contribution in [0.4, 0.5) is 5.69 Å². The summed E-state index contributed by atoms with van der Waals surface area (Å²) >= 11 is 1.41. The third-order valence-electron chi connectivity index (χ3n) is 3.06. The number of carbonyl (C=O) groups is 2. The molecule has 110 valence electrons. The fraction of sp³-hybridized carbons (Fsp3) is 0.200. The molecule has 3 N–H and O–H groups in total. The fourth-order valence-electron chi connectivity index (χ4n) is 1.94. The standard InChI is InChI=1S/C15H15NO4S/c1-3-12-8(2)6-13(21-12)14(18)16-10-5-4-9(15(19)20)7-11(10)17/h4-7,17H,3H2,1-2H3,(H,16,18)(H,19,20). The zero-order chi connectivity index (χ0) is 15.6. The maximum atomic E-state index is 12.1. The van der Waals surface area contributed by atoms with Gasteiger partial charge in [0.25, 0.3) is 5.91 Å². The van der Waals surface area contributed by atoms with Gasteiger partial charge in [0.1, 0.15) is 5.75 Å². The Bertz CT molecular complexity index is 706. The number of aromatic hydroxyl groups is 1. The van der Waals surface area contributed by atoms with Crippen LogP contribution in [0.3, 0.4) is 0 Å². The quantitative estimate of drug-likeness (QED) is 0.757. The molecular weight excluding hydrogens is 290 g/mol. The number of nitrogens with one attached hydrogen (secondary N) is 1. The van der Waals surface area contributed by atoms with E-state index in [-0.39, 0.29) is 22.9 Å².